The largest absolute Gasteiger partial charge is 0.467 e. The number of nitrogens with zero attached hydrogens (tertiary/aromatic N) is 2. The molecule has 0 saturated heterocycles. The number of hydrogen-bond acceptors (Lipinski definition) is 6. The third kappa shape index (κ3) is 2.87. The van der Waals surface area contributed by atoms with E-state index in [4.69, 9.17) is 4.42 Å². The minimum atomic E-state index is -3.27. The Morgan fingerprint density at radius 3 is 2.81 bits per heavy atom. The van der Waals surface area contributed by atoms with Crippen LogP contribution in [0.2, 0.25) is 0 Å². The first-order chi connectivity index (χ1) is 10.0. The summed E-state index contributed by atoms with van der Waals surface area (Å²) in [6.07, 6.45) is 4.21. The Labute approximate surface area is 121 Å². The molecule has 21 heavy (non-hydrogen) atoms. The van der Waals surface area contributed by atoms with Gasteiger partial charge >= 0.3 is 0 Å². The van der Waals surface area contributed by atoms with Gasteiger partial charge in [-0.25, -0.2) is 18.4 Å². The van der Waals surface area contributed by atoms with E-state index < -0.39 is 9.84 Å². The topological polar surface area (TPSA) is 85.1 Å². The molecule has 0 unspecified atom stereocenters. The highest BCUT2D eigenvalue weighted by Crippen LogP contribution is 2.23. The molecule has 0 aliphatic carbocycles. The van der Waals surface area contributed by atoms with Crippen molar-refractivity contribution in [2.45, 2.75) is 11.4 Å². The lowest BCUT2D eigenvalue weighted by atomic mass is 10.2. The van der Waals surface area contributed by atoms with E-state index in [1.807, 2.05) is 6.07 Å². The minimum Gasteiger partial charge on any atom is -0.467 e. The van der Waals surface area contributed by atoms with Crippen molar-refractivity contribution in [3.63, 3.8) is 0 Å². The standard InChI is InChI=1S/C14H13N3O3S/c1-21(18,19)11-4-5-13-12(7-11)14(17-9-16-13)15-8-10-3-2-6-20-10/h2-7,9H,8H2,1H3,(H,15,16,17). The fourth-order valence-electron chi connectivity index (χ4n) is 1.99. The Balaban J connectivity index is 2.01. The summed E-state index contributed by atoms with van der Waals surface area (Å²) in [5.74, 6) is 1.34. The van der Waals surface area contributed by atoms with Crippen molar-refractivity contribution < 1.29 is 12.8 Å². The van der Waals surface area contributed by atoms with Crippen molar-refractivity contribution >= 4 is 26.6 Å². The van der Waals surface area contributed by atoms with Crippen LogP contribution in [0.1, 0.15) is 5.76 Å². The molecule has 2 heterocycles. The lowest BCUT2D eigenvalue weighted by Crippen LogP contribution is -2.03. The maximum atomic E-state index is 11.7. The second kappa shape index (κ2) is 5.17. The first-order valence-electron chi connectivity index (χ1n) is 6.25. The van der Waals surface area contributed by atoms with Gasteiger partial charge in [0.15, 0.2) is 9.84 Å². The number of sulfone groups is 1. The zero-order valence-corrected chi connectivity index (χ0v) is 12.1. The van der Waals surface area contributed by atoms with Crippen LogP contribution in [-0.4, -0.2) is 24.6 Å². The lowest BCUT2D eigenvalue weighted by Gasteiger charge is -2.08. The summed E-state index contributed by atoms with van der Waals surface area (Å²) < 4.78 is 28.6. The number of rotatable bonds is 4. The molecule has 0 radical (unpaired) electrons. The number of hydrogen-bond donors (Lipinski definition) is 1. The van der Waals surface area contributed by atoms with Crippen LogP contribution >= 0.6 is 0 Å². The molecule has 0 amide bonds. The average molecular weight is 303 g/mol. The van der Waals surface area contributed by atoms with E-state index in [0.29, 0.717) is 23.3 Å². The van der Waals surface area contributed by atoms with Gasteiger partial charge in [0, 0.05) is 11.6 Å². The highest BCUT2D eigenvalue weighted by Gasteiger charge is 2.11. The van der Waals surface area contributed by atoms with Crippen molar-refractivity contribution in [1.82, 2.24) is 9.97 Å². The van der Waals surface area contributed by atoms with Gasteiger partial charge in [-0.05, 0) is 30.3 Å². The van der Waals surface area contributed by atoms with E-state index in [2.05, 4.69) is 15.3 Å². The molecule has 6 nitrogen and oxygen atoms in total. The minimum absolute atomic E-state index is 0.242. The number of anilines is 1. The van der Waals surface area contributed by atoms with E-state index in [-0.39, 0.29) is 4.90 Å². The zero-order valence-electron chi connectivity index (χ0n) is 11.3. The van der Waals surface area contributed by atoms with Crippen molar-refractivity contribution in [1.29, 1.82) is 0 Å². The van der Waals surface area contributed by atoms with E-state index >= 15 is 0 Å². The molecule has 3 rings (SSSR count). The number of nitrogens with one attached hydrogen (secondary N) is 1. The molecule has 3 aromatic rings. The number of aromatic nitrogens is 2. The van der Waals surface area contributed by atoms with Crippen LogP contribution in [0.3, 0.4) is 0 Å². The molecular formula is C14H13N3O3S. The first kappa shape index (κ1) is 13.6. The fourth-order valence-corrected chi connectivity index (χ4v) is 2.64. The monoisotopic (exact) mass is 303 g/mol. The molecule has 0 aliphatic heterocycles. The SMILES string of the molecule is CS(=O)(=O)c1ccc2ncnc(NCc3ccco3)c2c1. The average Bonchev–Trinajstić information content (AvgIpc) is 2.96. The highest BCUT2D eigenvalue weighted by atomic mass is 32.2. The van der Waals surface area contributed by atoms with Gasteiger partial charge in [0.2, 0.25) is 0 Å². The Morgan fingerprint density at radius 2 is 2.10 bits per heavy atom. The number of furan rings is 1. The summed E-state index contributed by atoms with van der Waals surface area (Å²) in [7, 11) is -3.27. The zero-order chi connectivity index (χ0) is 14.9. The molecule has 0 atom stereocenters. The van der Waals surface area contributed by atoms with Gasteiger partial charge in [0.25, 0.3) is 0 Å². The van der Waals surface area contributed by atoms with Gasteiger partial charge in [-0.3, -0.25) is 0 Å². The second-order valence-electron chi connectivity index (χ2n) is 4.61. The van der Waals surface area contributed by atoms with Crippen molar-refractivity contribution in [2.24, 2.45) is 0 Å². The van der Waals surface area contributed by atoms with Gasteiger partial charge in [0.1, 0.15) is 17.9 Å². The third-order valence-electron chi connectivity index (χ3n) is 3.05. The predicted molar refractivity (Wildman–Crippen MR) is 78.7 cm³/mol. The quantitative estimate of drug-likeness (QED) is 0.795. The fraction of sp³-hybridized carbons (Fsp3) is 0.143. The number of benzene rings is 1. The van der Waals surface area contributed by atoms with E-state index in [1.165, 1.54) is 12.6 Å². The lowest BCUT2D eigenvalue weighted by molar-refractivity contribution is 0.518. The van der Waals surface area contributed by atoms with E-state index in [1.54, 1.807) is 30.5 Å². The summed E-state index contributed by atoms with van der Waals surface area (Å²) in [4.78, 5) is 8.55. The molecule has 1 N–H and O–H groups in total. The smallest absolute Gasteiger partial charge is 0.175 e. The Bertz CT molecular complexity index is 874. The normalized spacial score (nSPS) is 11.7. The van der Waals surface area contributed by atoms with Crippen LogP contribution in [0, 0.1) is 0 Å². The van der Waals surface area contributed by atoms with Gasteiger partial charge < -0.3 is 9.73 Å². The van der Waals surface area contributed by atoms with Crippen molar-refractivity contribution in [3.05, 3.63) is 48.7 Å². The highest BCUT2D eigenvalue weighted by molar-refractivity contribution is 7.90. The van der Waals surface area contributed by atoms with Crippen molar-refractivity contribution in [2.75, 3.05) is 11.6 Å². The first-order valence-corrected chi connectivity index (χ1v) is 8.14. The summed E-state index contributed by atoms with van der Waals surface area (Å²) in [6, 6.07) is 8.44. The molecule has 0 spiro atoms. The Kier molecular flexibility index (Phi) is 3.34. The molecule has 108 valence electrons. The van der Waals surface area contributed by atoms with E-state index in [0.717, 1.165) is 5.76 Å². The molecule has 7 heteroatoms. The molecular weight excluding hydrogens is 290 g/mol. The molecule has 2 aromatic heterocycles. The van der Waals surface area contributed by atoms with Gasteiger partial charge in [-0.15, -0.1) is 0 Å². The Hall–Kier alpha value is -2.41. The maximum absolute atomic E-state index is 11.7. The number of fused-ring (bicyclic) bond motifs is 1. The van der Waals surface area contributed by atoms with Crippen LogP contribution in [0.15, 0.2) is 52.2 Å². The van der Waals surface area contributed by atoms with Crippen LogP contribution in [0.5, 0.6) is 0 Å². The molecule has 1 aromatic carbocycles. The Morgan fingerprint density at radius 1 is 1.24 bits per heavy atom. The predicted octanol–water partition coefficient (Wildman–Crippen LogP) is 2.24. The molecule has 0 saturated carbocycles. The maximum Gasteiger partial charge on any atom is 0.175 e. The van der Waals surface area contributed by atoms with Gasteiger partial charge in [0.05, 0.1) is 23.2 Å². The molecule has 0 fully saturated rings. The van der Waals surface area contributed by atoms with Gasteiger partial charge in [-0.1, -0.05) is 0 Å². The third-order valence-corrected chi connectivity index (χ3v) is 4.16. The summed E-state index contributed by atoms with van der Waals surface area (Å²) in [5.41, 5.74) is 0.680. The van der Waals surface area contributed by atoms with Crippen molar-refractivity contribution in [3.8, 4) is 0 Å². The molecule has 0 bridgehead atoms. The van der Waals surface area contributed by atoms with Gasteiger partial charge in [-0.2, -0.15) is 0 Å². The molecule has 0 aliphatic rings. The van der Waals surface area contributed by atoms with Crippen LogP contribution in [0.25, 0.3) is 10.9 Å². The summed E-state index contributed by atoms with van der Waals surface area (Å²) in [6.45, 7) is 0.461. The van der Waals surface area contributed by atoms with Crippen LogP contribution < -0.4 is 5.32 Å². The summed E-state index contributed by atoms with van der Waals surface area (Å²) >= 11 is 0. The van der Waals surface area contributed by atoms with E-state index in [9.17, 15) is 8.42 Å². The summed E-state index contributed by atoms with van der Waals surface area (Å²) in [5, 5.41) is 3.79. The van der Waals surface area contributed by atoms with Crippen LogP contribution in [-0.2, 0) is 16.4 Å². The van der Waals surface area contributed by atoms with Crippen LogP contribution in [0.4, 0.5) is 5.82 Å². The second-order valence-corrected chi connectivity index (χ2v) is 6.62.